The number of piperidine rings is 1. The quantitative estimate of drug-likeness (QED) is 0.560. The van der Waals surface area contributed by atoms with E-state index in [4.69, 9.17) is 9.47 Å². The fourth-order valence-corrected chi connectivity index (χ4v) is 3.58. The van der Waals surface area contributed by atoms with E-state index in [1.54, 1.807) is 40.3 Å². The van der Waals surface area contributed by atoms with Gasteiger partial charge in [0.2, 0.25) is 0 Å². The summed E-state index contributed by atoms with van der Waals surface area (Å²) in [5, 5.41) is 6.77. The monoisotopic (exact) mass is 414 g/mol. The first-order valence-electron chi connectivity index (χ1n) is 10.2. The normalized spacial score (nSPS) is 15.1. The Bertz CT molecular complexity index is 857. The van der Waals surface area contributed by atoms with Crippen molar-refractivity contribution >= 4 is 11.6 Å². The Morgan fingerprint density at radius 3 is 2.33 bits per heavy atom. The number of anilines is 1. The highest BCUT2D eigenvalue weighted by atomic mass is 19.1. The van der Waals surface area contributed by atoms with Crippen molar-refractivity contribution in [3.63, 3.8) is 0 Å². The van der Waals surface area contributed by atoms with Crippen molar-refractivity contribution in [2.75, 3.05) is 39.3 Å². The zero-order chi connectivity index (χ0) is 21.5. The molecule has 0 atom stereocenters. The van der Waals surface area contributed by atoms with E-state index in [2.05, 4.69) is 20.5 Å². The second-order valence-electron chi connectivity index (χ2n) is 7.49. The van der Waals surface area contributed by atoms with Crippen molar-refractivity contribution in [1.82, 2.24) is 10.6 Å². The van der Waals surface area contributed by atoms with Gasteiger partial charge in [-0.3, -0.25) is 4.99 Å². The highest BCUT2D eigenvalue weighted by molar-refractivity contribution is 5.80. The highest BCUT2D eigenvalue weighted by Crippen LogP contribution is 2.30. The minimum absolute atomic E-state index is 0.182. The summed E-state index contributed by atoms with van der Waals surface area (Å²) in [4.78, 5) is 6.66. The van der Waals surface area contributed by atoms with Crippen molar-refractivity contribution < 1.29 is 13.9 Å². The van der Waals surface area contributed by atoms with Crippen LogP contribution in [0.5, 0.6) is 11.5 Å². The molecule has 3 rings (SSSR count). The molecule has 0 unspecified atom stereocenters. The zero-order valence-corrected chi connectivity index (χ0v) is 18.2. The van der Waals surface area contributed by atoms with Crippen LogP contribution in [0, 0.1) is 12.7 Å². The molecule has 0 bridgehead atoms. The largest absolute Gasteiger partial charge is 0.497 e. The molecule has 0 radical (unpaired) electrons. The topological polar surface area (TPSA) is 58.1 Å². The third-order valence-corrected chi connectivity index (χ3v) is 5.46. The van der Waals surface area contributed by atoms with Crippen LogP contribution >= 0.6 is 0 Å². The van der Waals surface area contributed by atoms with Gasteiger partial charge in [-0.1, -0.05) is 12.1 Å². The Hall–Kier alpha value is -2.96. The molecule has 1 fully saturated rings. The number of aliphatic imine (C=N–C) groups is 1. The van der Waals surface area contributed by atoms with Gasteiger partial charge in [0.1, 0.15) is 17.3 Å². The molecule has 7 heteroatoms. The molecule has 1 heterocycles. The third-order valence-electron chi connectivity index (χ3n) is 5.46. The standard InChI is InChI=1S/C23H31FN4O2/c1-16-5-6-17(11-22(16)24)15-26-23(25-2)27-18-7-9-28(10-8-18)19-12-20(29-3)14-21(13-19)30-4/h5-6,11-14,18H,7-10,15H2,1-4H3,(H2,25,26,27). The van der Waals surface area contributed by atoms with E-state index < -0.39 is 0 Å². The smallest absolute Gasteiger partial charge is 0.191 e. The number of methoxy groups -OCH3 is 2. The number of hydrogen-bond acceptors (Lipinski definition) is 4. The Kier molecular flexibility index (Phi) is 7.38. The number of guanidine groups is 1. The second kappa shape index (κ2) is 10.2. The summed E-state index contributed by atoms with van der Waals surface area (Å²) < 4.78 is 24.5. The Morgan fingerprint density at radius 1 is 1.10 bits per heavy atom. The molecule has 162 valence electrons. The molecule has 1 aliphatic heterocycles. The average Bonchev–Trinajstić information content (AvgIpc) is 2.78. The lowest BCUT2D eigenvalue weighted by Crippen LogP contribution is -2.48. The number of benzene rings is 2. The molecule has 1 saturated heterocycles. The summed E-state index contributed by atoms with van der Waals surface area (Å²) in [5.41, 5.74) is 2.65. The molecule has 2 N–H and O–H groups in total. The minimum atomic E-state index is -0.182. The summed E-state index contributed by atoms with van der Waals surface area (Å²) in [6.07, 6.45) is 1.97. The maximum absolute atomic E-state index is 13.7. The number of halogens is 1. The van der Waals surface area contributed by atoms with Crippen LogP contribution in [0.15, 0.2) is 41.4 Å². The zero-order valence-electron chi connectivity index (χ0n) is 18.2. The molecule has 30 heavy (non-hydrogen) atoms. The van der Waals surface area contributed by atoms with Crippen molar-refractivity contribution in [2.45, 2.75) is 32.4 Å². The Labute approximate surface area is 178 Å². The van der Waals surface area contributed by atoms with Crippen molar-refractivity contribution in [3.8, 4) is 11.5 Å². The van der Waals surface area contributed by atoms with Crippen LogP contribution in [0.2, 0.25) is 0 Å². The highest BCUT2D eigenvalue weighted by Gasteiger charge is 2.21. The van der Waals surface area contributed by atoms with Gasteiger partial charge in [-0.2, -0.15) is 0 Å². The minimum Gasteiger partial charge on any atom is -0.497 e. The molecular weight excluding hydrogens is 383 g/mol. The lowest BCUT2D eigenvalue weighted by atomic mass is 10.0. The lowest BCUT2D eigenvalue weighted by Gasteiger charge is -2.34. The van der Waals surface area contributed by atoms with E-state index in [0.29, 0.717) is 18.2 Å². The van der Waals surface area contributed by atoms with Gasteiger partial charge in [-0.05, 0) is 37.0 Å². The molecule has 1 aliphatic rings. The molecule has 0 aliphatic carbocycles. The van der Waals surface area contributed by atoms with Crippen LogP contribution in [0.25, 0.3) is 0 Å². The van der Waals surface area contributed by atoms with Gasteiger partial charge in [0.05, 0.1) is 14.2 Å². The Balaban J connectivity index is 1.52. The molecule has 0 aromatic heterocycles. The first-order chi connectivity index (χ1) is 14.5. The molecular formula is C23H31FN4O2. The van der Waals surface area contributed by atoms with Gasteiger partial charge < -0.3 is 25.0 Å². The number of ether oxygens (including phenoxy) is 2. The summed E-state index contributed by atoms with van der Waals surface area (Å²) in [6, 6.07) is 11.6. The average molecular weight is 415 g/mol. The van der Waals surface area contributed by atoms with Gasteiger partial charge in [0.25, 0.3) is 0 Å². The first kappa shape index (κ1) is 21.7. The molecule has 2 aromatic rings. The van der Waals surface area contributed by atoms with Crippen molar-refractivity contribution in [1.29, 1.82) is 0 Å². The maximum atomic E-state index is 13.7. The third kappa shape index (κ3) is 5.55. The van der Waals surface area contributed by atoms with Crippen molar-refractivity contribution in [2.24, 2.45) is 4.99 Å². The van der Waals surface area contributed by atoms with Crippen LogP contribution in [-0.2, 0) is 6.54 Å². The van der Waals surface area contributed by atoms with E-state index in [1.165, 1.54) is 0 Å². The predicted molar refractivity (Wildman–Crippen MR) is 119 cm³/mol. The van der Waals surface area contributed by atoms with Crippen molar-refractivity contribution in [3.05, 3.63) is 53.3 Å². The Morgan fingerprint density at radius 2 is 1.77 bits per heavy atom. The van der Waals surface area contributed by atoms with Crippen LogP contribution < -0.4 is 25.0 Å². The van der Waals surface area contributed by atoms with E-state index >= 15 is 0 Å². The van der Waals surface area contributed by atoms with Gasteiger partial charge in [0.15, 0.2) is 5.96 Å². The predicted octanol–water partition coefficient (Wildman–Crippen LogP) is 3.49. The van der Waals surface area contributed by atoms with Crippen LogP contribution in [0.4, 0.5) is 10.1 Å². The molecule has 6 nitrogen and oxygen atoms in total. The molecule has 0 spiro atoms. The summed E-state index contributed by atoms with van der Waals surface area (Å²) in [7, 11) is 5.08. The number of nitrogens with one attached hydrogen (secondary N) is 2. The molecule has 0 saturated carbocycles. The fraction of sp³-hybridized carbons (Fsp3) is 0.435. The number of aryl methyl sites for hydroxylation is 1. The lowest BCUT2D eigenvalue weighted by molar-refractivity contribution is 0.393. The van der Waals surface area contributed by atoms with Crippen LogP contribution in [0.3, 0.4) is 0 Å². The maximum Gasteiger partial charge on any atom is 0.191 e. The summed E-state index contributed by atoms with van der Waals surface area (Å²) in [6.45, 7) is 4.14. The fourth-order valence-electron chi connectivity index (χ4n) is 3.58. The van der Waals surface area contributed by atoms with Gasteiger partial charge in [-0.15, -0.1) is 0 Å². The second-order valence-corrected chi connectivity index (χ2v) is 7.49. The number of nitrogens with zero attached hydrogens (tertiary/aromatic N) is 2. The number of rotatable bonds is 6. The van der Waals surface area contributed by atoms with Gasteiger partial charge in [-0.25, -0.2) is 4.39 Å². The van der Waals surface area contributed by atoms with Gasteiger partial charge in [0, 0.05) is 56.6 Å². The van der Waals surface area contributed by atoms with E-state index in [0.717, 1.165) is 54.6 Å². The summed E-state index contributed by atoms with van der Waals surface area (Å²) >= 11 is 0. The summed E-state index contributed by atoms with van der Waals surface area (Å²) in [5.74, 6) is 2.14. The van der Waals surface area contributed by atoms with E-state index in [9.17, 15) is 4.39 Å². The van der Waals surface area contributed by atoms with Crippen LogP contribution in [0.1, 0.15) is 24.0 Å². The molecule has 2 aromatic carbocycles. The van der Waals surface area contributed by atoms with E-state index in [1.807, 2.05) is 24.3 Å². The molecule has 0 amide bonds. The van der Waals surface area contributed by atoms with Crippen LogP contribution in [-0.4, -0.2) is 46.4 Å². The number of hydrogen-bond donors (Lipinski definition) is 2. The van der Waals surface area contributed by atoms with E-state index in [-0.39, 0.29) is 5.82 Å². The SMILES string of the molecule is CN=C(NCc1ccc(C)c(F)c1)NC1CCN(c2cc(OC)cc(OC)c2)CC1. The van der Waals surface area contributed by atoms with Gasteiger partial charge >= 0.3 is 0 Å². The first-order valence-corrected chi connectivity index (χ1v) is 10.2.